The molecule has 0 radical (unpaired) electrons. The maximum atomic E-state index is 12.5. The minimum atomic E-state index is -0.300. The zero-order valence-electron chi connectivity index (χ0n) is 14.4. The highest BCUT2D eigenvalue weighted by Gasteiger charge is 2.18. The van der Waals surface area contributed by atoms with Crippen molar-refractivity contribution in [3.63, 3.8) is 0 Å². The molecule has 26 heavy (non-hydrogen) atoms. The summed E-state index contributed by atoms with van der Waals surface area (Å²) in [6.07, 6.45) is 3.71. The third-order valence-corrected chi connectivity index (χ3v) is 3.65. The Morgan fingerprint density at radius 1 is 1.12 bits per heavy atom. The standard InChI is InChI=1S/C18H18N4O4/c1-24-13-6-3-7-14(25-2)16(13)17(23)20-10-8-15-21-22-18(26-15)12-5-4-9-19-11-12/h3-7,9,11H,8,10H2,1-2H3,(H,20,23). The zero-order chi connectivity index (χ0) is 18.4. The van der Waals surface area contributed by atoms with Crippen LogP contribution in [0.4, 0.5) is 0 Å². The Kier molecular flexibility index (Phi) is 5.43. The lowest BCUT2D eigenvalue weighted by molar-refractivity contribution is 0.0947. The largest absolute Gasteiger partial charge is 0.496 e. The van der Waals surface area contributed by atoms with Crippen LogP contribution in [0.5, 0.6) is 11.5 Å². The van der Waals surface area contributed by atoms with E-state index in [1.54, 1.807) is 36.7 Å². The number of rotatable bonds is 7. The predicted molar refractivity (Wildman–Crippen MR) is 93.1 cm³/mol. The van der Waals surface area contributed by atoms with Gasteiger partial charge in [-0.25, -0.2) is 0 Å². The van der Waals surface area contributed by atoms with Crippen LogP contribution in [0.2, 0.25) is 0 Å². The van der Waals surface area contributed by atoms with Crippen LogP contribution in [0.3, 0.4) is 0 Å². The topological polar surface area (TPSA) is 99.4 Å². The molecule has 1 aromatic carbocycles. The van der Waals surface area contributed by atoms with Gasteiger partial charge in [-0.05, 0) is 24.3 Å². The maximum absolute atomic E-state index is 12.5. The van der Waals surface area contributed by atoms with Gasteiger partial charge in [0.1, 0.15) is 17.1 Å². The molecule has 0 atom stereocenters. The highest BCUT2D eigenvalue weighted by Crippen LogP contribution is 2.27. The number of hydrogen-bond acceptors (Lipinski definition) is 7. The molecule has 2 heterocycles. The van der Waals surface area contributed by atoms with Gasteiger partial charge in [-0.2, -0.15) is 0 Å². The summed E-state index contributed by atoms with van der Waals surface area (Å²) in [5.41, 5.74) is 1.09. The number of nitrogens with zero attached hydrogens (tertiary/aromatic N) is 3. The van der Waals surface area contributed by atoms with Crippen molar-refractivity contribution >= 4 is 5.91 Å². The average molecular weight is 354 g/mol. The van der Waals surface area contributed by atoms with Crippen molar-refractivity contribution in [1.29, 1.82) is 0 Å². The van der Waals surface area contributed by atoms with Crippen molar-refractivity contribution in [2.24, 2.45) is 0 Å². The van der Waals surface area contributed by atoms with Gasteiger partial charge in [0.05, 0.1) is 19.8 Å². The van der Waals surface area contributed by atoms with Crippen molar-refractivity contribution in [2.75, 3.05) is 20.8 Å². The van der Waals surface area contributed by atoms with E-state index < -0.39 is 0 Å². The molecule has 2 aromatic heterocycles. The first-order valence-corrected chi connectivity index (χ1v) is 7.95. The van der Waals surface area contributed by atoms with Crippen molar-refractivity contribution < 1.29 is 18.7 Å². The van der Waals surface area contributed by atoms with Gasteiger partial charge in [0.15, 0.2) is 0 Å². The number of methoxy groups -OCH3 is 2. The van der Waals surface area contributed by atoms with Crippen LogP contribution in [-0.4, -0.2) is 41.9 Å². The van der Waals surface area contributed by atoms with Crippen molar-refractivity contribution in [3.8, 4) is 23.0 Å². The lowest BCUT2D eigenvalue weighted by atomic mass is 10.1. The van der Waals surface area contributed by atoms with Crippen LogP contribution in [-0.2, 0) is 6.42 Å². The molecule has 0 bridgehead atoms. The minimum Gasteiger partial charge on any atom is -0.496 e. The van der Waals surface area contributed by atoms with E-state index in [0.29, 0.717) is 41.8 Å². The summed E-state index contributed by atoms with van der Waals surface area (Å²) in [6, 6.07) is 8.79. The number of benzene rings is 1. The molecule has 0 saturated carbocycles. The summed E-state index contributed by atoms with van der Waals surface area (Å²) >= 11 is 0. The second kappa shape index (κ2) is 8.11. The van der Waals surface area contributed by atoms with E-state index in [1.807, 2.05) is 6.07 Å². The van der Waals surface area contributed by atoms with Gasteiger partial charge < -0.3 is 19.2 Å². The van der Waals surface area contributed by atoms with Gasteiger partial charge in [-0.3, -0.25) is 9.78 Å². The summed E-state index contributed by atoms with van der Waals surface area (Å²) in [6.45, 7) is 0.328. The van der Waals surface area contributed by atoms with Crippen LogP contribution >= 0.6 is 0 Å². The van der Waals surface area contributed by atoms with Gasteiger partial charge in [-0.1, -0.05) is 6.07 Å². The number of hydrogen-bond donors (Lipinski definition) is 1. The molecule has 0 unspecified atom stereocenters. The molecule has 8 nitrogen and oxygen atoms in total. The van der Waals surface area contributed by atoms with Crippen LogP contribution in [0.25, 0.3) is 11.5 Å². The van der Waals surface area contributed by atoms with E-state index in [4.69, 9.17) is 13.9 Å². The lowest BCUT2D eigenvalue weighted by Crippen LogP contribution is -2.26. The van der Waals surface area contributed by atoms with Gasteiger partial charge in [-0.15, -0.1) is 10.2 Å². The fourth-order valence-corrected chi connectivity index (χ4v) is 2.41. The fraction of sp³-hybridized carbons (Fsp3) is 0.222. The molecule has 0 aliphatic carbocycles. The second-order valence-corrected chi connectivity index (χ2v) is 5.29. The van der Waals surface area contributed by atoms with E-state index in [1.165, 1.54) is 14.2 Å². The molecule has 3 aromatic rings. The molecule has 0 saturated heterocycles. The van der Waals surface area contributed by atoms with Crippen LogP contribution in [0.1, 0.15) is 16.2 Å². The average Bonchev–Trinajstić information content (AvgIpc) is 3.16. The monoisotopic (exact) mass is 354 g/mol. The Morgan fingerprint density at radius 2 is 1.88 bits per heavy atom. The third kappa shape index (κ3) is 3.80. The molecule has 0 aliphatic heterocycles. The van der Waals surface area contributed by atoms with Crippen molar-refractivity contribution in [1.82, 2.24) is 20.5 Å². The molecule has 3 rings (SSSR count). The van der Waals surface area contributed by atoms with Crippen LogP contribution < -0.4 is 14.8 Å². The predicted octanol–water partition coefficient (Wildman–Crippen LogP) is 2.12. The molecular weight excluding hydrogens is 336 g/mol. The van der Waals surface area contributed by atoms with E-state index >= 15 is 0 Å². The van der Waals surface area contributed by atoms with Gasteiger partial charge >= 0.3 is 0 Å². The summed E-state index contributed by atoms with van der Waals surface area (Å²) < 4.78 is 16.1. The Hall–Kier alpha value is -3.42. The Morgan fingerprint density at radius 3 is 2.54 bits per heavy atom. The number of amides is 1. The maximum Gasteiger partial charge on any atom is 0.258 e. The highest BCUT2D eigenvalue weighted by molar-refractivity contribution is 5.99. The minimum absolute atomic E-state index is 0.300. The molecule has 8 heteroatoms. The summed E-state index contributed by atoms with van der Waals surface area (Å²) in [4.78, 5) is 16.5. The normalized spacial score (nSPS) is 10.4. The van der Waals surface area contributed by atoms with Crippen molar-refractivity contribution in [3.05, 3.63) is 54.2 Å². The quantitative estimate of drug-likeness (QED) is 0.694. The Bertz CT molecular complexity index is 858. The van der Waals surface area contributed by atoms with Gasteiger partial charge in [0, 0.05) is 25.4 Å². The Balaban J connectivity index is 1.62. The molecule has 0 spiro atoms. The fourth-order valence-electron chi connectivity index (χ4n) is 2.41. The zero-order valence-corrected chi connectivity index (χ0v) is 14.4. The first-order valence-electron chi connectivity index (χ1n) is 7.95. The molecule has 0 aliphatic rings. The number of nitrogens with one attached hydrogen (secondary N) is 1. The van der Waals surface area contributed by atoms with E-state index in [2.05, 4.69) is 20.5 Å². The Labute approximate surface area is 150 Å². The first kappa shape index (κ1) is 17.4. The highest BCUT2D eigenvalue weighted by atomic mass is 16.5. The third-order valence-electron chi connectivity index (χ3n) is 3.65. The van der Waals surface area contributed by atoms with E-state index in [0.717, 1.165) is 5.56 Å². The number of carbonyl (C=O) groups excluding carboxylic acids is 1. The summed E-state index contributed by atoms with van der Waals surface area (Å²) in [5.74, 6) is 1.41. The molecular formula is C18H18N4O4. The number of ether oxygens (including phenoxy) is 2. The SMILES string of the molecule is COc1cccc(OC)c1C(=O)NCCc1nnc(-c2cccnc2)o1. The van der Waals surface area contributed by atoms with E-state index in [-0.39, 0.29) is 5.91 Å². The van der Waals surface area contributed by atoms with Gasteiger partial charge in [0.25, 0.3) is 5.91 Å². The number of pyridine rings is 1. The smallest absolute Gasteiger partial charge is 0.258 e. The summed E-state index contributed by atoms with van der Waals surface area (Å²) in [7, 11) is 3.01. The van der Waals surface area contributed by atoms with E-state index in [9.17, 15) is 4.79 Å². The van der Waals surface area contributed by atoms with Crippen molar-refractivity contribution in [2.45, 2.75) is 6.42 Å². The number of carbonyl (C=O) groups is 1. The first-order chi connectivity index (χ1) is 12.7. The molecule has 134 valence electrons. The molecule has 1 amide bonds. The van der Waals surface area contributed by atoms with Gasteiger partial charge in [0.2, 0.25) is 11.8 Å². The number of aromatic nitrogens is 3. The second-order valence-electron chi connectivity index (χ2n) is 5.29. The summed E-state index contributed by atoms with van der Waals surface area (Å²) in [5, 5.41) is 10.8. The van der Waals surface area contributed by atoms with Crippen LogP contribution in [0.15, 0.2) is 47.1 Å². The molecule has 1 N–H and O–H groups in total. The lowest BCUT2D eigenvalue weighted by Gasteiger charge is -2.12. The molecule has 0 fully saturated rings. The van der Waals surface area contributed by atoms with Crippen LogP contribution in [0, 0.1) is 0 Å².